The maximum absolute atomic E-state index is 11.5. The number of quaternary nitrogens is 1. The standard InChI is InChI=1S/C23H32N2O3/c1-25(15-13-18(17-25)16-19(23(26)27)6-5-14-24)20-9-11-22(12-10-20)28-21-7-3-2-4-8-21/h2-4,7-8,13,15,17,19-20,22H,5-6,9-12,14,16,24H2,1H3/p+1. The van der Waals surface area contributed by atoms with Crippen LogP contribution in [0.5, 0.6) is 5.75 Å². The zero-order valence-electron chi connectivity index (χ0n) is 16.8. The van der Waals surface area contributed by atoms with Gasteiger partial charge >= 0.3 is 5.97 Å². The van der Waals surface area contributed by atoms with Crippen LogP contribution in [0.15, 0.2) is 54.4 Å². The van der Waals surface area contributed by atoms with Crippen LogP contribution in [0, 0.1) is 5.92 Å². The van der Waals surface area contributed by atoms with Gasteiger partial charge in [-0.05, 0) is 50.8 Å². The molecule has 2 unspecified atom stereocenters. The zero-order valence-corrected chi connectivity index (χ0v) is 16.8. The van der Waals surface area contributed by atoms with Gasteiger partial charge in [0.05, 0.1) is 25.1 Å². The zero-order chi connectivity index (χ0) is 20.0. The van der Waals surface area contributed by atoms with Crippen molar-refractivity contribution >= 4 is 5.97 Å². The minimum atomic E-state index is -0.720. The lowest BCUT2D eigenvalue weighted by molar-refractivity contribution is -0.834. The van der Waals surface area contributed by atoms with E-state index in [0.717, 1.165) is 47.9 Å². The lowest BCUT2D eigenvalue weighted by Gasteiger charge is -2.38. The molecule has 5 nitrogen and oxygen atoms in total. The number of nitrogens with two attached hydrogens (primary N) is 1. The third-order valence-electron chi connectivity index (χ3n) is 6.12. The Bertz CT molecular complexity index is 708. The highest BCUT2D eigenvalue weighted by molar-refractivity contribution is 5.70. The molecule has 3 rings (SSSR count). The molecule has 1 saturated carbocycles. The van der Waals surface area contributed by atoms with Crippen molar-refractivity contribution in [3.05, 3.63) is 54.4 Å². The molecule has 1 fully saturated rings. The number of carboxylic acids is 1. The second kappa shape index (κ2) is 9.39. The maximum atomic E-state index is 11.5. The first-order chi connectivity index (χ1) is 13.5. The minimum Gasteiger partial charge on any atom is -0.490 e. The van der Waals surface area contributed by atoms with Gasteiger partial charge in [-0.2, -0.15) is 0 Å². The van der Waals surface area contributed by atoms with Crippen molar-refractivity contribution in [3.8, 4) is 5.75 Å². The van der Waals surface area contributed by atoms with Gasteiger partial charge in [0.2, 0.25) is 0 Å². The third-order valence-corrected chi connectivity index (χ3v) is 6.12. The topological polar surface area (TPSA) is 72.5 Å². The molecule has 0 radical (unpaired) electrons. The Hall–Kier alpha value is -2.11. The Kier molecular flexibility index (Phi) is 6.92. The second-order valence-corrected chi connectivity index (χ2v) is 8.27. The molecular formula is C23H33N2O3+. The SMILES string of the molecule is C[N+]1(C2CCC(Oc3ccccc3)CC2)C=CC(CC(CCCN)C(=O)O)=C1. The van der Waals surface area contributed by atoms with E-state index < -0.39 is 5.97 Å². The maximum Gasteiger partial charge on any atom is 0.306 e. The van der Waals surface area contributed by atoms with E-state index in [1.165, 1.54) is 0 Å². The Morgan fingerprint density at radius 2 is 1.96 bits per heavy atom. The number of para-hydroxylation sites is 1. The van der Waals surface area contributed by atoms with Crippen LogP contribution in [0.25, 0.3) is 0 Å². The number of carbonyl (C=O) groups is 1. The summed E-state index contributed by atoms with van der Waals surface area (Å²) in [7, 11) is 2.22. The lowest BCUT2D eigenvalue weighted by atomic mass is 9.91. The fraction of sp³-hybridized carbons (Fsp3) is 0.522. The molecule has 2 aliphatic rings. The highest BCUT2D eigenvalue weighted by Gasteiger charge is 2.37. The molecule has 0 amide bonds. The number of ether oxygens (including phenoxy) is 1. The normalized spacial score (nSPS) is 28.0. The van der Waals surface area contributed by atoms with E-state index in [4.69, 9.17) is 10.5 Å². The summed E-state index contributed by atoms with van der Waals surface area (Å²) >= 11 is 0. The number of rotatable bonds is 9. The highest BCUT2D eigenvalue weighted by atomic mass is 16.5. The highest BCUT2D eigenvalue weighted by Crippen LogP contribution is 2.35. The van der Waals surface area contributed by atoms with Crippen LogP contribution >= 0.6 is 0 Å². The Morgan fingerprint density at radius 1 is 1.25 bits per heavy atom. The van der Waals surface area contributed by atoms with Crippen LogP contribution in [-0.2, 0) is 4.79 Å². The average Bonchev–Trinajstić information content (AvgIpc) is 3.08. The summed E-state index contributed by atoms with van der Waals surface area (Å²) in [6.07, 6.45) is 13.2. The average molecular weight is 386 g/mol. The van der Waals surface area contributed by atoms with Crippen molar-refractivity contribution in [3.63, 3.8) is 0 Å². The lowest BCUT2D eigenvalue weighted by Crippen LogP contribution is -2.45. The first kappa shape index (κ1) is 20.6. The quantitative estimate of drug-likeness (QED) is 0.629. The van der Waals surface area contributed by atoms with E-state index >= 15 is 0 Å². The molecule has 3 N–H and O–H groups in total. The van der Waals surface area contributed by atoms with Crippen LogP contribution in [0.3, 0.4) is 0 Å². The first-order valence-corrected chi connectivity index (χ1v) is 10.4. The molecule has 5 heteroatoms. The summed E-state index contributed by atoms with van der Waals surface area (Å²) in [4.78, 5) is 11.5. The monoisotopic (exact) mass is 385 g/mol. The Labute approximate surface area is 168 Å². The van der Waals surface area contributed by atoms with Crippen molar-refractivity contribution in [1.82, 2.24) is 0 Å². The fourth-order valence-electron chi connectivity index (χ4n) is 4.42. The predicted octanol–water partition coefficient (Wildman–Crippen LogP) is 4.06. The summed E-state index contributed by atoms with van der Waals surface area (Å²) in [5.74, 6) is -0.116. The van der Waals surface area contributed by atoms with E-state index in [1.807, 2.05) is 30.3 Å². The second-order valence-electron chi connectivity index (χ2n) is 8.27. The molecule has 1 aromatic rings. The van der Waals surface area contributed by atoms with Gasteiger partial charge in [0.25, 0.3) is 0 Å². The number of hydrogen-bond donors (Lipinski definition) is 2. The van der Waals surface area contributed by atoms with Crippen LogP contribution in [-0.4, -0.2) is 41.3 Å². The largest absolute Gasteiger partial charge is 0.490 e. The van der Waals surface area contributed by atoms with Crippen molar-refractivity contribution in [2.45, 2.75) is 57.1 Å². The molecule has 1 heterocycles. The molecule has 0 bridgehead atoms. The number of allylic oxidation sites excluding steroid dienone is 2. The van der Waals surface area contributed by atoms with Crippen molar-refractivity contribution < 1.29 is 19.1 Å². The molecule has 1 aliphatic carbocycles. The summed E-state index contributed by atoms with van der Waals surface area (Å²) in [6, 6.07) is 10.6. The van der Waals surface area contributed by atoms with E-state index in [9.17, 15) is 9.90 Å². The molecule has 0 aromatic heterocycles. The van der Waals surface area contributed by atoms with Crippen LogP contribution < -0.4 is 10.5 Å². The number of nitrogens with zero attached hydrogens (tertiary/aromatic N) is 1. The van der Waals surface area contributed by atoms with E-state index in [1.54, 1.807) is 0 Å². The summed E-state index contributed by atoms with van der Waals surface area (Å²) < 4.78 is 6.90. The van der Waals surface area contributed by atoms with Crippen LogP contribution in [0.4, 0.5) is 0 Å². The molecule has 1 aromatic carbocycles. The number of aliphatic carboxylic acids is 1. The smallest absolute Gasteiger partial charge is 0.306 e. The number of carboxylic acid groups (broad SMARTS) is 1. The van der Waals surface area contributed by atoms with Gasteiger partial charge in [0.1, 0.15) is 18.1 Å². The Morgan fingerprint density at radius 3 is 2.61 bits per heavy atom. The van der Waals surface area contributed by atoms with E-state index in [2.05, 4.69) is 25.5 Å². The van der Waals surface area contributed by atoms with Crippen LogP contribution in [0.1, 0.15) is 44.9 Å². The molecule has 0 spiro atoms. The van der Waals surface area contributed by atoms with Crippen molar-refractivity contribution in [2.24, 2.45) is 11.7 Å². The van der Waals surface area contributed by atoms with Gasteiger partial charge in [0, 0.05) is 24.5 Å². The Balaban J connectivity index is 1.54. The minimum absolute atomic E-state index is 0.285. The van der Waals surface area contributed by atoms with Crippen molar-refractivity contribution in [1.29, 1.82) is 0 Å². The molecule has 28 heavy (non-hydrogen) atoms. The molecule has 152 valence electrons. The third kappa shape index (κ3) is 5.24. The van der Waals surface area contributed by atoms with Gasteiger partial charge < -0.3 is 15.6 Å². The molecular weight excluding hydrogens is 352 g/mol. The van der Waals surface area contributed by atoms with Crippen LogP contribution in [0.2, 0.25) is 0 Å². The van der Waals surface area contributed by atoms with E-state index in [-0.39, 0.29) is 12.0 Å². The summed E-state index contributed by atoms with van der Waals surface area (Å²) in [5.41, 5.74) is 6.68. The number of benzene rings is 1. The first-order valence-electron chi connectivity index (χ1n) is 10.4. The fourth-order valence-corrected chi connectivity index (χ4v) is 4.42. The molecule has 1 aliphatic heterocycles. The summed E-state index contributed by atoms with van der Waals surface area (Å²) in [5, 5.41) is 9.48. The van der Waals surface area contributed by atoms with Gasteiger partial charge in [-0.15, -0.1) is 0 Å². The number of hydrogen-bond acceptors (Lipinski definition) is 3. The van der Waals surface area contributed by atoms with Crippen molar-refractivity contribution in [2.75, 3.05) is 13.6 Å². The molecule has 2 atom stereocenters. The summed E-state index contributed by atoms with van der Waals surface area (Å²) in [6.45, 7) is 0.542. The predicted molar refractivity (Wildman–Crippen MR) is 111 cm³/mol. The van der Waals surface area contributed by atoms with Gasteiger partial charge in [-0.3, -0.25) is 9.28 Å². The van der Waals surface area contributed by atoms with E-state index in [0.29, 0.717) is 25.4 Å². The van der Waals surface area contributed by atoms with Gasteiger partial charge in [0.15, 0.2) is 0 Å². The molecule has 0 saturated heterocycles. The van der Waals surface area contributed by atoms with Gasteiger partial charge in [-0.1, -0.05) is 18.2 Å². The van der Waals surface area contributed by atoms with Gasteiger partial charge in [-0.25, -0.2) is 0 Å².